The Kier molecular flexibility index (Phi) is 9.51. The Morgan fingerprint density at radius 3 is 2.48 bits per heavy atom. The molecule has 0 N–H and O–H groups in total. The van der Waals surface area contributed by atoms with E-state index in [1.807, 2.05) is 0 Å². The van der Waals surface area contributed by atoms with Crippen molar-refractivity contribution in [2.24, 2.45) is 58.2 Å². The average molecular weight is 554 g/mol. The summed E-state index contributed by atoms with van der Waals surface area (Å²) in [5.74, 6) is 6.76. The Balaban J connectivity index is 1.16. The number of likely N-dealkylation sites (tertiary alicyclic amines) is 1. The van der Waals surface area contributed by atoms with Gasteiger partial charge in [0.1, 0.15) is 6.10 Å². The molecule has 1 aliphatic heterocycles. The summed E-state index contributed by atoms with van der Waals surface area (Å²) in [5, 5.41) is 0. The van der Waals surface area contributed by atoms with Gasteiger partial charge in [-0.2, -0.15) is 0 Å². The summed E-state index contributed by atoms with van der Waals surface area (Å²) < 4.78 is 6.13. The third-order valence-corrected chi connectivity index (χ3v) is 13.1. The summed E-state index contributed by atoms with van der Waals surface area (Å²) in [7, 11) is 0. The summed E-state index contributed by atoms with van der Waals surface area (Å²) in [4.78, 5) is 15.3. The summed E-state index contributed by atoms with van der Waals surface area (Å²) in [5.41, 5.74) is 2.52. The van der Waals surface area contributed by atoms with Crippen LogP contribution in [0.1, 0.15) is 132 Å². The monoisotopic (exact) mass is 553 g/mol. The molecule has 1 saturated heterocycles. The van der Waals surface area contributed by atoms with Crippen molar-refractivity contribution in [3.05, 3.63) is 11.6 Å². The molecule has 0 spiro atoms. The molecule has 5 rings (SSSR count). The highest BCUT2D eigenvalue weighted by Crippen LogP contribution is 2.67. The fourth-order valence-electron chi connectivity index (χ4n) is 11.2. The maximum absolute atomic E-state index is 12.9. The standard InChI is InChI=1S/C37H63NO2/c1-25(2)9-8-10-28(5)32-13-14-33-31-12-11-29-22-30(15-18-36(29,6)34(31)16-19-37(32,33)7)40-35(39)17-20-38-23-26(3)21-27(4)24-38/h11,25-28,30-34H,8-10,12-24H2,1-7H3/t26?,27?,28-,30+,31?,32-,33?,34?,36+,37-/m1/s1. The lowest BCUT2D eigenvalue weighted by Crippen LogP contribution is -2.51. The predicted octanol–water partition coefficient (Wildman–Crippen LogP) is 9.31. The van der Waals surface area contributed by atoms with Crippen LogP contribution in [0.5, 0.6) is 0 Å². The minimum Gasteiger partial charge on any atom is -0.462 e. The maximum atomic E-state index is 12.9. The van der Waals surface area contributed by atoms with Gasteiger partial charge in [0.15, 0.2) is 0 Å². The molecule has 0 aromatic heterocycles. The van der Waals surface area contributed by atoms with E-state index in [-0.39, 0.29) is 12.1 Å². The van der Waals surface area contributed by atoms with Gasteiger partial charge in [-0.25, -0.2) is 0 Å². The van der Waals surface area contributed by atoms with Gasteiger partial charge < -0.3 is 9.64 Å². The molecular weight excluding hydrogens is 490 g/mol. The first-order chi connectivity index (χ1) is 19.0. The fourth-order valence-corrected chi connectivity index (χ4v) is 11.2. The molecule has 3 saturated carbocycles. The van der Waals surface area contributed by atoms with Gasteiger partial charge in [-0.05, 0) is 110 Å². The summed E-state index contributed by atoms with van der Waals surface area (Å²) in [6, 6.07) is 0. The van der Waals surface area contributed by atoms with Gasteiger partial charge in [-0.15, -0.1) is 0 Å². The van der Waals surface area contributed by atoms with Crippen molar-refractivity contribution in [2.45, 2.75) is 138 Å². The van der Waals surface area contributed by atoms with Gasteiger partial charge in [0.05, 0.1) is 6.42 Å². The van der Waals surface area contributed by atoms with Crippen LogP contribution in [0.3, 0.4) is 0 Å². The molecule has 10 atom stereocenters. The molecule has 1 heterocycles. The molecule has 0 aromatic rings. The van der Waals surface area contributed by atoms with E-state index in [9.17, 15) is 4.79 Å². The zero-order chi connectivity index (χ0) is 28.7. The van der Waals surface area contributed by atoms with Crippen molar-refractivity contribution >= 4 is 5.97 Å². The Morgan fingerprint density at radius 1 is 1.00 bits per heavy atom. The Labute approximate surface area is 247 Å². The number of piperidine rings is 1. The second kappa shape index (κ2) is 12.4. The first-order valence-electron chi connectivity index (χ1n) is 17.6. The molecular formula is C37H63NO2. The highest BCUT2D eigenvalue weighted by molar-refractivity contribution is 5.69. The van der Waals surface area contributed by atoms with Gasteiger partial charge in [-0.3, -0.25) is 4.79 Å². The Morgan fingerprint density at radius 2 is 1.75 bits per heavy atom. The zero-order valence-corrected chi connectivity index (χ0v) is 27.4. The molecule has 5 aliphatic rings. The summed E-state index contributed by atoms with van der Waals surface area (Å²) in [6.07, 6.45) is 19.1. The lowest BCUT2D eigenvalue weighted by Gasteiger charge is -2.58. The first-order valence-corrected chi connectivity index (χ1v) is 17.6. The lowest BCUT2D eigenvalue weighted by molar-refractivity contribution is -0.152. The van der Waals surface area contributed by atoms with E-state index in [1.54, 1.807) is 5.57 Å². The second-order valence-electron chi connectivity index (χ2n) is 16.6. The van der Waals surface area contributed by atoms with Crippen LogP contribution in [0.15, 0.2) is 11.6 Å². The second-order valence-corrected chi connectivity index (χ2v) is 16.6. The van der Waals surface area contributed by atoms with Crippen molar-refractivity contribution in [3.63, 3.8) is 0 Å². The van der Waals surface area contributed by atoms with Crippen LogP contribution >= 0.6 is 0 Å². The van der Waals surface area contributed by atoms with Crippen LogP contribution in [-0.2, 0) is 9.53 Å². The molecule has 0 radical (unpaired) electrons. The van der Waals surface area contributed by atoms with Crippen LogP contribution in [0.4, 0.5) is 0 Å². The van der Waals surface area contributed by atoms with Gasteiger partial charge in [0.25, 0.3) is 0 Å². The van der Waals surface area contributed by atoms with E-state index in [0.29, 0.717) is 17.3 Å². The van der Waals surface area contributed by atoms with Crippen LogP contribution in [0.2, 0.25) is 0 Å². The fraction of sp³-hybridized carbons (Fsp3) is 0.919. The van der Waals surface area contributed by atoms with Crippen LogP contribution in [0, 0.1) is 58.2 Å². The third-order valence-electron chi connectivity index (χ3n) is 13.1. The normalized spacial score (nSPS) is 42.5. The smallest absolute Gasteiger partial charge is 0.307 e. The number of hydrogen-bond acceptors (Lipinski definition) is 3. The molecule has 0 aromatic carbocycles. The summed E-state index contributed by atoms with van der Waals surface area (Å²) in [6.45, 7) is 20.4. The van der Waals surface area contributed by atoms with Crippen LogP contribution in [0.25, 0.3) is 0 Å². The lowest BCUT2D eigenvalue weighted by atomic mass is 9.47. The number of carbonyl (C=O) groups is 1. The molecule has 0 amide bonds. The van der Waals surface area contributed by atoms with E-state index in [0.717, 1.165) is 79.8 Å². The number of fused-ring (bicyclic) bond motifs is 5. The molecule has 3 heteroatoms. The minimum atomic E-state index is 0.0294. The molecule has 0 bridgehead atoms. The number of ether oxygens (including phenoxy) is 1. The number of hydrogen-bond donors (Lipinski definition) is 0. The highest BCUT2D eigenvalue weighted by Gasteiger charge is 2.59. The number of nitrogens with zero attached hydrogens (tertiary/aromatic N) is 1. The maximum Gasteiger partial charge on any atom is 0.307 e. The van der Waals surface area contributed by atoms with Crippen LogP contribution in [-0.4, -0.2) is 36.6 Å². The predicted molar refractivity (Wildman–Crippen MR) is 167 cm³/mol. The summed E-state index contributed by atoms with van der Waals surface area (Å²) >= 11 is 0. The van der Waals surface area contributed by atoms with Crippen molar-refractivity contribution in [1.82, 2.24) is 4.90 Å². The van der Waals surface area contributed by atoms with E-state index >= 15 is 0 Å². The number of allylic oxidation sites excluding steroid dienone is 1. The van der Waals surface area contributed by atoms with E-state index < -0.39 is 0 Å². The minimum absolute atomic E-state index is 0.0294. The van der Waals surface area contributed by atoms with Gasteiger partial charge in [-0.1, -0.05) is 79.4 Å². The van der Waals surface area contributed by atoms with E-state index in [2.05, 4.69) is 59.4 Å². The number of rotatable bonds is 9. The Bertz CT molecular complexity index is 900. The quantitative estimate of drug-likeness (QED) is 0.210. The zero-order valence-electron chi connectivity index (χ0n) is 27.4. The van der Waals surface area contributed by atoms with Gasteiger partial charge in [0, 0.05) is 26.1 Å². The molecule has 3 nitrogen and oxygen atoms in total. The SMILES string of the molecule is CC(C)CCC[C@@H](C)[C@H]1CCC2C3CC=C4C[C@@H](OC(=O)CCN5CC(C)CC(C)C5)CC[C@]4(C)C3CC[C@@]21C. The van der Waals surface area contributed by atoms with Crippen molar-refractivity contribution < 1.29 is 9.53 Å². The number of carbonyl (C=O) groups excluding carboxylic acids is 1. The third kappa shape index (κ3) is 6.26. The highest BCUT2D eigenvalue weighted by atomic mass is 16.5. The first kappa shape index (κ1) is 30.6. The van der Waals surface area contributed by atoms with Crippen LogP contribution < -0.4 is 0 Å². The molecule has 5 unspecified atom stereocenters. The molecule has 4 aliphatic carbocycles. The van der Waals surface area contributed by atoms with Crippen molar-refractivity contribution in [2.75, 3.05) is 19.6 Å². The number of esters is 1. The van der Waals surface area contributed by atoms with E-state index in [1.165, 1.54) is 64.2 Å². The van der Waals surface area contributed by atoms with E-state index in [4.69, 9.17) is 4.74 Å². The largest absolute Gasteiger partial charge is 0.462 e. The molecule has 228 valence electrons. The van der Waals surface area contributed by atoms with Crippen molar-refractivity contribution in [1.29, 1.82) is 0 Å². The molecule has 4 fully saturated rings. The van der Waals surface area contributed by atoms with Gasteiger partial charge in [0.2, 0.25) is 0 Å². The average Bonchev–Trinajstić information content (AvgIpc) is 3.24. The molecule has 40 heavy (non-hydrogen) atoms. The Hall–Kier alpha value is -0.830. The van der Waals surface area contributed by atoms with Gasteiger partial charge >= 0.3 is 5.97 Å². The topological polar surface area (TPSA) is 29.5 Å². The van der Waals surface area contributed by atoms with Crippen molar-refractivity contribution in [3.8, 4) is 0 Å².